The highest BCUT2D eigenvalue weighted by Crippen LogP contribution is 2.15. The predicted molar refractivity (Wildman–Crippen MR) is 115 cm³/mol. The SMILES string of the molecule is C1=CCCCCCCCCCCCCCCCCCCCCCCC1. The van der Waals surface area contributed by atoms with Gasteiger partial charge in [-0.15, -0.1) is 0 Å². The lowest BCUT2D eigenvalue weighted by molar-refractivity contribution is 0.520. The minimum absolute atomic E-state index is 1.32. The Kier molecular flexibility index (Phi) is 18.3. The molecule has 0 atom stereocenters. The summed E-state index contributed by atoms with van der Waals surface area (Å²) in [7, 11) is 0. The van der Waals surface area contributed by atoms with E-state index < -0.39 is 0 Å². The van der Waals surface area contributed by atoms with Crippen molar-refractivity contribution in [2.75, 3.05) is 0 Å². The van der Waals surface area contributed by atoms with E-state index in [0.29, 0.717) is 0 Å². The molecular formula is C25H48. The second-order valence-corrected chi connectivity index (χ2v) is 8.47. The molecule has 0 amide bonds. The van der Waals surface area contributed by atoms with Crippen molar-refractivity contribution in [3.05, 3.63) is 12.2 Å². The van der Waals surface area contributed by atoms with Crippen LogP contribution in [0, 0.1) is 0 Å². The molecule has 148 valence electrons. The summed E-state index contributed by atoms with van der Waals surface area (Å²) in [6.45, 7) is 0. The molecule has 0 aliphatic heterocycles. The molecule has 1 aliphatic carbocycles. The molecule has 0 saturated carbocycles. The average molecular weight is 349 g/mol. The van der Waals surface area contributed by atoms with Gasteiger partial charge in [-0.2, -0.15) is 0 Å². The minimum atomic E-state index is 1.32. The molecule has 25 heavy (non-hydrogen) atoms. The van der Waals surface area contributed by atoms with Crippen LogP contribution in [0.1, 0.15) is 148 Å². The Hall–Kier alpha value is -0.260. The topological polar surface area (TPSA) is 0 Å². The van der Waals surface area contributed by atoms with Crippen molar-refractivity contribution < 1.29 is 0 Å². The molecule has 1 aliphatic rings. The molecular weight excluding hydrogens is 300 g/mol. The van der Waals surface area contributed by atoms with E-state index in [9.17, 15) is 0 Å². The zero-order valence-corrected chi connectivity index (χ0v) is 17.4. The maximum Gasteiger partial charge on any atom is -0.0351 e. The summed E-state index contributed by atoms with van der Waals surface area (Å²) in [4.78, 5) is 0. The molecule has 0 nitrogen and oxygen atoms in total. The van der Waals surface area contributed by atoms with E-state index in [2.05, 4.69) is 12.2 Å². The predicted octanol–water partition coefficient (Wildman–Crippen LogP) is 9.53. The van der Waals surface area contributed by atoms with Crippen molar-refractivity contribution in [1.29, 1.82) is 0 Å². The van der Waals surface area contributed by atoms with Gasteiger partial charge in [0.25, 0.3) is 0 Å². The van der Waals surface area contributed by atoms with E-state index >= 15 is 0 Å². The van der Waals surface area contributed by atoms with Gasteiger partial charge in [0.05, 0.1) is 0 Å². The van der Waals surface area contributed by atoms with Gasteiger partial charge in [0.1, 0.15) is 0 Å². The fraction of sp³-hybridized carbons (Fsp3) is 0.920. The van der Waals surface area contributed by atoms with Gasteiger partial charge in [-0.3, -0.25) is 0 Å². The van der Waals surface area contributed by atoms with Crippen LogP contribution in [0.4, 0.5) is 0 Å². The second kappa shape index (κ2) is 20.1. The van der Waals surface area contributed by atoms with Crippen molar-refractivity contribution in [3.63, 3.8) is 0 Å². The molecule has 0 heteroatoms. The summed E-state index contributed by atoms with van der Waals surface area (Å²) in [5.41, 5.74) is 0. The molecule has 0 bridgehead atoms. The summed E-state index contributed by atoms with van der Waals surface area (Å²) in [6, 6.07) is 0. The number of hydrogen-bond donors (Lipinski definition) is 0. The van der Waals surface area contributed by atoms with Gasteiger partial charge in [-0.05, 0) is 25.7 Å². The molecule has 0 unspecified atom stereocenters. The Morgan fingerprint density at radius 3 is 0.560 bits per heavy atom. The fourth-order valence-electron chi connectivity index (χ4n) is 4.12. The van der Waals surface area contributed by atoms with E-state index in [4.69, 9.17) is 0 Å². The lowest BCUT2D eigenvalue weighted by Gasteiger charge is -2.04. The average Bonchev–Trinajstić information content (AvgIpc) is 2.62. The molecule has 0 radical (unpaired) electrons. The summed E-state index contributed by atoms with van der Waals surface area (Å²) >= 11 is 0. The largest absolute Gasteiger partial charge is 0.0885 e. The molecule has 0 spiro atoms. The van der Waals surface area contributed by atoms with Crippen molar-refractivity contribution in [1.82, 2.24) is 0 Å². The van der Waals surface area contributed by atoms with Gasteiger partial charge < -0.3 is 0 Å². The van der Waals surface area contributed by atoms with Gasteiger partial charge in [0.2, 0.25) is 0 Å². The minimum Gasteiger partial charge on any atom is -0.0885 e. The van der Waals surface area contributed by atoms with Crippen molar-refractivity contribution >= 4 is 0 Å². The van der Waals surface area contributed by atoms with Crippen LogP contribution in [0.3, 0.4) is 0 Å². The van der Waals surface area contributed by atoms with Crippen molar-refractivity contribution in [3.8, 4) is 0 Å². The molecule has 0 aromatic rings. The summed E-state index contributed by atoms with van der Waals surface area (Å²) in [5, 5.41) is 0. The van der Waals surface area contributed by atoms with Crippen LogP contribution in [0.15, 0.2) is 12.2 Å². The van der Waals surface area contributed by atoms with E-state index in [1.807, 2.05) is 0 Å². The molecule has 0 saturated heterocycles. The van der Waals surface area contributed by atoms with Gasteiger partial charge >= 0.3 is 0 Å². The quantitative estimate of drug-likeness (QED) is 0.382. The first-order valence-corrected chi connectivity index (χ1v) is 12.1. The molecule has 0 fully saturated rings. The van der Waals surface area contributed by atoms with Crippen LogP contribution in [-0.2, 0) is 0 Å². The first kappa shape index (κ1) is 22.8. The lowest BCUT2D eigenvalue weighted by Crippen LogP contribution is -1.84. The third-order valence-corrected chi connectivity index (χ3v) is 5.91. The molecule has 1 rings (SSSR count). The number of allylic oxidation sites excluding steroid dienone is 2. The van der Waals surface area contributed by atoms with Gasteiger partial charge in [-0.1, -0.05) is 134 Å². The highest BCUT2D eigenvalue weighted by molar-refractivity contribution is 4.81. The smallest absolute Gasteiger partial charge is 0.0351 e. The molecule has 0 heterocycles. The Morgan fingerprint density at radius 1 is 0.200 bits per heavy atom. The highest BCUT2D eigenvalue weighted by atomic mass is 14.0. The maximum atomic E-state index is 2.45. The Morgan fingerprint density at radius 2 is 0.360 bits per heavy atom. The first-order chi connectivity index (χ1) is 12.5. The van der Waals surface area contributed by atoms with Gasteiger partial charge in [0.15, 0.2) is 0 Å². The lowest BCUT2D eigenvalue weighted by atomic mass is 10.0. The number of rotatable bonds is 0. The second-order valence-electron chi connectivity index (χ2n) is 8.47. The summed E-state index contributed by atoms with van der Waals surface area (Å²) in [6.07, 6.45) is 38.5. The monoisotopic (exact) mass is 348 g/mol. The highest BCUT2D eigenvalue weighted by Gasteiger charge is 1.96. The Bertz CT molecular complexity index is 239. The van der Waals surface area contributed by atoms with E-state index in [-0.39, 0.29) is 0 Å². The zero-order chi connectivity index (χ0) is 17.7. The van der Waals surface area contributed by atoms with Crippen LogP contribution in [-0.4, -0.2) is 0 Å². The van der Waals surface area contributed by atoms with E-state index in [0.717, 1.165) is 0 Å². The first-order valence-electron chi connectivity index (χ1n) is 12.1. The third-order valence-electron chi connectivity index (χ3n) is 5.91. The van der Waals surface area contributed by atoms with Crippen molar-refractivity contribution in [2.24, 2.45) is 0 Å². The van der Waals surface area contributed by atoms with Crippen LogP contribution in [0.5, 0.6) is 0 Å². The normalized spacial score (nSPS) is 23.4. The van der Waals surface area contributed by atoms with Crippen LogP contribution >= 0.6 is 0 Å². The summed E-state index contributed by atoms with van der Waals surface area (Å²) < 4.78 is 0. The Balaban J connectivity index is 2.04. The third kappa shape index (κ3) is 18.3. The molecule has 0 aromatic carbocycles. The van der Waals surface area contributed by atoms with Gasteiger partial charge in [-0.25, -0.2) is 0 Å². The van der Waals surface area contributed by atoms with Crippen molar-refractivity contribution in [2.45, 2.75) is 148 Å². The van der Waals surface area contributed by atoms with E-state index in [1.165, 1.54) is 148 Å². The van der Waals surface area contributed by atoms with Crippen LogP contribution < -0.4 is 0 Å². The van der Waals surface area contributed by atoms with Gasteiger partial charge in [0, 0.05) is 0 Å². The zero-order valence-electron chi connectivity index (χ0n) is 17.4. The maximum absolute atomic E-state index is 2.45. The fourth-order valence-corrected chi connectivity index (χ4v) is 4.12. The van der Waals surface area contributed by atoms with Crippen LogP contribution in [0.25, 0.3) is 0 Å². The molecule has 0 aromatic heterocycles. The number of hydrogen-bond acceptors (Lipinski definition) is 0. The summed E-state index contributed by atoms with van der Waals surface area (Å²) in [5.74, 6) is 0. The molecule has 0 N–H and O–H groups in total. The van der Waals surface area contributed by atoms with Crippen LogP contribution in [0.2, 0.25) is 0 Å². The standard InChI is InChI=1S/C25H48/c1-2-4-6-8-10-12-14-16-18-20-22-24-25-23-21-19-17-15-13-11-9-7-5-3-1/h1-2H,3-25H2. The van der Waals surface area contributed by atoms with E-state index in [1.54, 1.807) is 0 Å². The Labute approximate surface area is 160 Å².